The maximum absolute atomic E-state index is 12.5. The van der Waals surface area contributed by atoms with Gasteiger partial charge in [-0.25, -0.2) is 0 Å². The Labute approximate surface area is 99.9 Å². The zero-order chi connectivity index (χ0) is 12.2. The number of Topliss-reactive ketones (excluding diaryl/α,β-unsaturated/α-hetero) is 1. The third kappa shape index (κ3) is 1.11. The first kappa shape index (κ1) is 10.5. The fraction of sp³-hybridized carbons (Fsp3) is 0.267. The minimum absolute atomic E-state index is 0.0271. The molecule has 0 radical (unpaired) electrons. The average Bonchev–Trinajstić information content (AvgIpc) is 2.56. The van der Waals surface area contributed by atoms with E-state index in [1.807, 2.05) is 43.3 Å². The molecule has 0 saturated carbocycles. The summed E-state index contributed by atoms with van der Waals surface area (Å²) in [6.45, 7) is 3.51. The maximum atomic E-state index is 12.5. The van der Waals surface area contributed by atoms with Crippen molar-refractivity contribution < 1.29 is 9.90 Å². The number of aliphatic hydroxyl groups excluding tert-OH is 1. The molecule has 1 aliphatic carbocycles. The highest BCUT2D eigenvalue weighted by Gasteiger charge is 2.46. The van der Waals surface area contributed by atoms with Crippen molar-refractivity contribution in [3.63, 3.8) is 0 Å². The number of benzene rings is 2. The normalized spacial score (nSPS) is 24.3. The Bertz CT molecular complexity index is 623. The molecule has 2 atom stereocenters. The Morgan fingerprint density at radius 2 is 1.82 bits per heavy atom. The Morgan fingerprint density at radius 3 is 2.47 bits per heavy atom. The molecule has 2 unspecified atom stereocenters. The van der Waals surface area contributed by atoms with Gasteiger partial charge >= 0.3 is 0 Å². The topological polar surface area (TPSA) is 37.3 Å². The predicted octanol–water partition coefficient (Wildman–Crippen LogP) is 2.67. The van der Waals surface area contributed by atoms with Crippen LogP contribution in [0.25, 0.3) is 10.8 Å². The molecule has 2 aromatic carbocycles. The predicted molar refractivity (Wildman–Crippen MR) is 67.3 cm³/mol. The van der Waals surface area contributed by atoms with Crippen molar-refractivity contribution in [2.75, 3.05) is 0 Å². The van der Waals surface area contributed by atoms with Crippen LogP contribution in [0.3, 0.4) is 0 Å². The molecule has 86 valence electrons. The summed E-state index contributed by atoms with van der Waals surface area (Å²) in [5, 5.41) is 12.1. The van der Waals surface area contributed by atoms with Crippen LogP contribution in [0.4, 0.5) is 0 Å². The Hall–Kier alpha value is -1.67. The molecular formula is C15H14O2. The summed E-state index contributed by atoms with van der Waals surface area (Å²) in [6, 6.07) is 11.6. The van der Waals surface area contributed by atoms with Crippen LogP contribution in [-0.4, -0.2) is 17.0 Å². The van der Waals surface area contributed by atoms with Gasteiger partial charge in [-0.15, -0.1) is 0 Å². The van der Waals surface area contributed by atoms with Crippen molar-refractivity contribution in [3.05, 3.63) is 47.5 Å². The van der Waals surface area contributed by atoms with Gasteiger partial charge in [0.2, 0.25) is 0 Å². The van der Waals surface area contributed by atoms with E-state index in [9.17, 15) is 9.90 Å². The number of carbonyl (C=O) groups excluding carboxylic acids is 1. The molecule has 2 aromatic rings. The van der Waals surface area contributed by atoms with Crippen LogP contribution in [0.2, 0.25) is 0 Å². The molecule has 0 bridgehead atoms. The van der Waals surface area contributed by atoms with Gasteiger partial charge in [0, 0.05) is 5.56 Å². The molecule has 3 rings (SSSR count). The molecular weight excluding hydrogens is 212 g/mol. The summed E-state index contributed by atoms with van der Waals surface area (Å²) in [5.41, 5.74) is 0.885. The molecule has 1 N–H and O–H groups in total. The standard InChI is InChI=1S/C15H14O2/c1-9(16)15(2)12-8-4-6-10-5-3-7-11(13(10)12)14(15)17/h3-9,16H,1-2H3. The van der Waals surface area contributed by atoms with E-state index < -0.39 is 11.5 Å². The summed E-state index contributed by atoms with van der Waals surface area (Å²) in [7, 11) is 0. The second-order valence-corrected chi connectivity index (χ2v) is 4.92. The van der Waals surface area contributed by atoms with E-state index in [4.69, 9.17) is 0 Å². The van der Waals surface area contributed by atoms with Crippen LogP contribution in [0, 0.1) is 0 Å². The zero-order valence-electron chi connectivity index (χ0n) is 9.90. The molecule has 17 heavy (non-hydrogen) atoms. The van der Waals surface area contributed by atoms with Crippen molar-refractivity contribution in [2.24, 2.45) is 0 Å². The Morgan fingerprint density at radius 1 is 1.18 bits per heavy atom. The van der Waals surface area contributed by atoms with Crippen LogP contribution in [0.1, 0.15) is 29.8 Å². The first-order valence-electron chi connectivity index (χ1n) is 5.82. The number of hydrogen-bond acceptors (Lipinski definition) is 2. The number of hydrogen-bond donors (Lipinski definition) is 1. The number of rotatable bonds is 1. The van der Waals surface area contributed by atoms with Crippen LogP contribution >= 0.6 is 0 Å². The van der Waals surface area contributed by atoms with Crippen LogP contribution in [-0.2, 0) is 5.41 Å². The van der Waals surface area contributed by atoms with Crippen LogP contribution in [0.5, 0.6) is 0 Å². The van der Waals surface area contributed by atoms with Gasteiger partial charge < -0.3 is 5.11 Å². The SMILES string of the molecule is CC(O)C1(C)C(=O)c2cccc3cccc1c23. The number of ketones is 1. The molecule has 2 nitrogen and oxygen atoms in total. The lowest BCUT2D eigenvalue weighted by atomic mass is 9.77. The molecule has 0 fully saturated rings. The summed E-state index contributed by atoms with van der Waals surface area (Å²) in [4.78, 5) is 12.5. The molecule has 0 spiro atoms. The van der Waals surface area contributed by atoms with Crippen molar-refractivity contribution in [1.82, 2.24) is 0 Å². The third-order valence-electron chi connectivity index (χ3n) is 4.02. The fourth-order valence-electron chi connectivity index (χ4n) is 2.78. The lowest BCUT2D eigenvalue weighted by Gasteiger charge is -2.27. The second kappa shape index (κ2) is 3.17. The molecule has 0 aromatic heterocycles. The van der Waals surface area contributed by atoms with E-state index in [2.05, 4.69) is 0 Å². The molecule has 0 saturated heterocycles. The summed E-state index contributed by atoms with van der Waals surface area (Å²) in [5.74, 6) is 0.0271. The summed E-state index contributed by atoms with van der Waals surface area (Å²) in [6.07, 6.45) is -0.687. The van der Waals surface area contributed by atoms with Gasteiger partial charge in [-0.3, -0.25) is 4.79 Å². The highest BCUT2D eigenvalue weighted by Crippen LogP contribution is 2.44. The van der Waals surface area contributed by atoms with E-state index in [1.165, 1.54) is 0 Å². The van der Waals surface area contributed by atoms with Crippen molar-refractivity contribution >= 4 is 16.6 Å². The van der Waals surface area contributed by atoms with Crippen LogP contribution in [0.15, 0.2) is 36.4 Å². The van der Waals surface area contributed by atoms with E-state index >= 15 is 0 Å². The van der Waals surface area contributed by atoms with Crippen molar-refractivity contribution in [1.29, 1.82) is 0 Å². The lowest BCUT2D eigenvalue weighted by molar-refractivity contribution is 0.0676. The quantitative estimate of drug-likeness (QED) is 0.811. The zero-order valence-corrected chi connectivity index (χ0v) is 9.90. The molecule has 1 aliphatic rings. The van der Waals surface area contributed by atoms with E-state index in [-0.39, 0.29) is 5.78 Å². The molecule has 0 aliphatic heterocycles. The Balaban J connectivity index is 2.46. The van der Waals surface area contributed by atoms with Gasteiger partial charge in [0.15, 0.2) is 5.78 Å². The summed E-state index contributed by atoms with van der Waals surface area (Å²) >= 11 is 0. The fourth-order valence-corrected chi connectivity index (χ4v) is 2.78. The second-order valence-electron chi connectivity index (χ2n) is 4.92. The van der Waals surface area contributed by atoms with E-state index in [0.29, 0.717) is 0 Å². The van der Waals surface area contributed by atoms with Gasteiger partial charge in [-0.05, 0) is 30.2 Å². The van der Waals surface area contributed by atoms with E-state index in [1.54, 1.807) is 6.92 Å². The molecule has 0 heterocycles. The van der Waals surface area contributed by atoms with Gasteiger partial charge in [0.1, 0.15) is 0 Å². The minimum Gasteiger partial charge on any atom is -0.392 e. The monoisotopic (exact) mass is 226 g/mol. The van der Waals surface area contributed by atoms with Crippen LogP contribution < -0.4 is 0 Å². The highest BCUT2D eigenvalue weighted by molar-refractivity contribution is 6.20. The molecule has 0 amide bonds. The van der Waals surface area contributed by atoms with Crippen molar-refractivity contribution in [2.45, 2.75) is 25.4 Å². The van der Waals surface area contributed by atoms with Gasteiger partial charge in [-0.2, -0.15) is 0 Å². The van der Waals surface area contributed by atoms with Gasteiger partial charge in [-0.1, -0.05) is 36.4 Å². The summed E-state index contributed by atoms with van der Waals surface area (Å²) < 4.78 is 0. The average molecular weight is 226 g/mol. The van der Waals surface area contributed by atoms with Gasteiger partial charge in [0.05, 0.1) is 11.5 Å². The Kier molecular flexibility index (Phi) is 1.96. The number of aliphatic hydroxyl groups is 1. The maximum Gasteiger partial charge on any atom is 0.176 e. The minimum atomic E-state index is -0.802. The number of carbonyl (C=O) groups is 1. The smallest absolute Gasteiger partial charge is 0.176 e. The van der Waals surface area contributed by atoms with E-state index in [0.717, 1.165) is 21.9 Å². The lowest BCUT2D eigenvalue weighted by Crippen LogP contribution is -2.39. The largest absolute Gasteiger partial charge is 0.392 e. The third-order valence-corrected chi connectivity index (χ3v) is 4.02. The molecule has 2 heteroatoms. The first-order valence-corrected chi connectivity index (χ1v) is 5.82. The van der Waals surface area contributed by atoms with Crippen molar-refractivity contribution in [3.8, 4) is 0 Å². The first-order chi connectivity index (χ1) is 8.06. The van der Waals surface area contributed by atoms with Gasteiger partial charge in [0.25, 0.3) is 0 Å². The highest BCUT2D eigenvalue weighted by atomic mass is 16.3.